The molecule has 0 aromatic heterocycles. The Morgan fingerprint density at radius 2 is 1.49 bits per heavy atom. The summed E-state index contributed by atoms with van der Waals surface area (Å²) in [6.45, 7) is 1.28. The van der Waals surface area contributed by atoms with E-state index in [4.69, 9.17) is 9.84 Å². The monoisotopic (exact) mass is 529 g/mol. The summed E-state index contributed by atoms with van der Waals surface area (Å²) in [6.07, 6.45) is -0.368. The Bertz CT molecular complexity index is 1250. The Morgan fingerprint density at radius 1 is 0.897 bits per heavy atom. The van der Waals surface area contributed by atoms with E-state index < -0.39 is 18.1 Å². The number of fused-ring (bicyclic) bond motifs is 3. The van der Waals surface area contributed by atoms with Gasteiger partial charge in [-0.2, -0.15) is 0 Å². The normalized spacial score (nSPS) is 12.9. The van der Waals surface area contributed by atoms with Gasteiger partial charge in [-0.25, -0.2) is 4.79 Å². The summed E-state index contributed by atoms with van der Waals surface area (Å²) in [5, 5.41) is 11.7. The molecule has 0 heterocycles. The average Bonchev–Trinajstić information content (AvgIpc) is 3.25. The highest BCUT2D eigenvalue weighted by Crippen LogP contribution is 2.44. The summed E-state index contributed by atoms with van der Waals surface area (Å²) in [7, 11) is 3.50. The number of nitrogens with one attached hydrogen (secondary N) is 1. The molecule has 3 aromatic carbocycles. The Balaban J connectivity index is 1.42. The molecule has 1 atom stereocenters. The fourth-order valence-electron chi connectivity index (χ4n) is 5.08. The second kappa shape index (κ2) is 13.1. The van der Waals surface area contributed by atoms with E-state index in [1.807, 2.05) is 66.5 Å². The predicted octanol–water partition coefficient (Wildman–Crippen LogP) is 4.35. The molecule has 0 saturated carbocycles. The summed E-state index contributed by atoms with van der Waals surface area (Å²) in [4.78, 5) is 40.6. The van der Waals surface area contributed by atoms with E-state index in [0.29, 0.717) is 13.0 Å². The lowest BCUT2D eigenvalue weighted by molar-refractivity contribution is -0.138. The number of aliphatic carboxylic acids is 1. The Hall–Kier alpha value is -4.17. The number of likely N-dealkylation sites (N-methyl/N-ethyl adjacent to an activating group) is 2. The van der Waals surface area contributed by atoms with Gasteiger partial charge in [0.05, 0.1) is 0 Å². The summed E-state index contributed by atoms with van der Waals surface area (Å²) in [6, 6.07) is 25.2. The molecule has 39 heavy (non-hydrogen) atoms. The highest BCUT2D eigenvalue weighted by atomic mass is 16.5. The quantitative estimate of drug-likeness (QED) is 0.362. The zero-order valence-electron chi connectivity index (χ0n) is 22.4. The third kappa shape index (κ3) is 7.23. The zero-order chi connectivity index (χ0) is 27.8. The molecular formula is C31H35N3O5. The largest absolute Gasteiger partial charge is 0.481 e. The number of carbonyl (C=O) groups is 3. The van der Waals surface area contributed by atoms with Crippen LogP contribution in [0.3, 0.4) is 0 Å². The van der Waals surface area contributed by atoms with Crippen LogP contribution in [-0.4, -0.2) is 72.7 Å². The second-order valence-electron chi connectivity index (χ2n) is 9.96. The lowest BCUT2D eigenvalue weighted by Gasteiger charge is -2.28. The maximum Gasteiger partial charge on any atom is 0.407 e. The van der Waals surface area contributed by atoms with Crippen LogP contribution >= 0.6 is 0 Å². The summed E-state index contributed by atoms with van der Waals surface area (Å²) < 4.78 is 5.70. The van der Waals surface area contributed by atoms with Crippen molar-refractivity contribution in [3.63, 3.8) is 0 Å². The maximum atomic E-state index is 13.3. The molecule has 2 N–H and O–H groups in total. The number of hydrogen-bond donors (Lipinski definition) is 2. The average molecular weight is 530 g/mol. The van der Waals surface area contributed by atoms with E-state index in [2.05, 4.69) is 29.6 Å². The van der Waals surface area contributed by atoms with Crippen molar-refractivity contribution >= 4 is 18.0 Å². The minimum atomic E-state index is -0.910. The first-order valence-corrected chi connectivity index (χ1v) is 13.1. The number of benzene rings is 3. The van der Waals surface area contributed by atoms with Gasteiger partial charge in [-0.05, 0) is 41.3 Å². The van der Waals surface area contributed by atoms with Gasteiger partial charge in [0.25, 0.3) is 0 Å². The highest BCUT2D eigenvalue weighted by Gasteiger charge is 2.30. The topological polar surface area (TPSA) is 99.2 Å². The van der Waals surface area contributed by atoms with Crippen LogP contribution in [0.15, 0.2) is 78.9 Å². The number of nitrogens with zero attached hydrogens (tertiary/aromatic N) is 2. The van der Waals surface area contributed by atoms with Gasteiger partial charge >= 0.3 is 12.1 Å². The fraction of sp³-hybridized carbons (Fsp3) is 0.323. The molecule has 4 rings (SSSR count). The van der Waals surface area contributed by atoms with Crippen molar-refractivity contribution in [1.29, 1.82) is 0 Å². The van der Waals surface area contributed by atoms with Crippen molar-refractivity contribution in [1.82, 2.24) is 15.1 Å². The van der Waals surface area contributed by atoms with Gasteiger partial charge in [0, 0.05) is 39.0 Å². The van der Waals surface area contributed by atoms with E-state index in [-0.39, 0.29) is 37.9 Å². The predicted molar refractivity (Wildman–Crippen MR) is 149 cm³/mol. The van der Waals surface area contributed by atoms with Crippen molar-refractivity contribution in [3.8, 4) is 11.1 Å². The van der Waals surface area contributed by atoms with Crippen LogP contribution in [0.2, 0.25) is 0 Å². The fourth-order valence-corrected chi connectivity index (χ4v) is 5.08. The van der Waals surface area contributed by atoms with Crippen LogP contribution in [0, 0.1) is 0 Å². The van der Waals surface area contributed by atoms with Crippen LogP contribution < -0.4 is 5.32 Å². The van der Waals surface area contributed by atoms with Crippen LogP contribution in [0.4, 0.5) is 4.79 Å². The number of amides is 2. The smallest absolute Gasteiger partial charge is 0.407 e. The SMILES string of the molecule is CN(Cc1ccccc1)CC(NC(=O)OCC1c2ccccc2-c2ccccc21)C(=O)N(C)CCCC(=O)O. The molecule has 1 unspecified atom stereocenters. The van der Waals surface area contributed by atoms with Crippen molar-refractivity contribution < 1.29 is 24.2 Å². The summed E-state index contributed by atoms with van der Waals surface area (Å²) in [5.41, 5.74) is 5.59. The molecule has 0 fully saturated rings. The number of carboxylic acids is 1. The number of hydrogen-bond acceptors (Lipinski definition) is 5. The molecule has 1 aliphatic rings. The van der Waals surface area contributed by atoms with Gasteiger partial charge in [0.15, 0.2) is 0 Å². The molecule has 0 spiro atoms. The maximum absolute atomic E-state index is 13.3. The van der Waals surface area contributed by atoms with Crippen LogP contribution in [0.25, 0.3) is 11.1 Å². The number of rotatable bonds is 12. The summed E-state index contributed by atoms with van der Waals surface area (Å²) >= 11 is 0. The molecule has 0 aliphatic heterocycles. The zero-order valence-corrected chi connectivity index (χ0v) is 22.4. The number of carboxylic acid groups (broad SMARTS) is 1. The van der Waals surface area contributed by atoms with Crippen LogP contribution in [0.1, 0.15) is 35.4 Å². The van der Waals surface area contributed by atoms with E-state index >= 15 is 0 Å². The first kappa shape index (κ1) is 27.9. The Kier molecular flexibility index (Phi) is 9.33. The molecule has 0 radical (unpaired) electrons. The molecule has 0 bridgehead atoms. The minimum Gasteiger partial charge on any atom is -0.481 e. The van der Waals surface area contributed by atoms with E-state index in [1.54, 1.807) is 7.05 Å². The van der Waals surface area contributed by atoms with Crippen molar-refractivity contribution in [3.05, 3.63) is 95.6 Å². The highest BCUT2D eigenvalue weighted by molar-refractivity contribution is 5.86. The van der Waals surface area contributed by atoms with Gasteiger partial charge in [-0.15, -0.1) is 0 Å². The standard InChI is InChI=1S/C31H35N3O5/c1-33(19-22-11-4-3-5-12-22)20-28(30(37)34(2)18-10-17-29(35)36)32-31(38)39-21-27-25-15-8-6-13-23(25)24-14-7-9-16-26(24)27/h3-9,11-16,27-28H,10,17-21H2,1-2H3,(H,32,38)(H,35,36). The molecule has 0 saturated heterocycles. The Labute approximate surface area is 229 Å². The van der Waals surface area contributed by atoms with Crippen molar-refractivity contribution in [2.24, 2.45) is 0 Å². The second-order valence-corrected chi connectivity index (χ2v) is 9.96. The Morgan fingerprint density at radius 3 is 2.10 bits per heavy atom. The first-order valence-electron chi connectivity index (χ1n) is 13.1. The van der Waals surface area contributed by atoms with Gasteiger partial charge in [-0.3, -0.25) is 14.5 Å². The van der Waals surface area contributed by atoms with Gasteiger partial charge in [-0.1, -0.05) is 78.9 Å². The molecule has 204 valence electrons. The van der Waals surface area contributed by atoms with Crippen LogP contribution in [-0.2, 0) is 20.9 Å². The van der Waals surface area contributed by atoms with E-state index in [1.165, 1.54) is 4.90 Å². The molecule has 1 aliphatic carbocycles. The first-order chi connectivity index (χ1) is 18.8. The number of carbonyl (C=O) groups excluding carboxylic acids is 2. The van der Waals surface area contributed by atoms with Crippen molar-refractivity contribution in [2.45, 2.75) is 31.3 Å². The molecule has 8 heteroatoms. The molecule has 2 amide bonds. The lowest BCUT2D eigenvalue weighted by atomic mass is 9.98. The van der Waals surface area contributed by atoms with E-state index in [0.717, 1.165) is 27.8 Å². The minimum absolute atomic E-state index is 0.0317. The lowest BCUT2D eigenvalue weighted by Crippen LogP contribution is -2.52. The molecular weight excluding hydrogens is 494 g/mol. The third-order valence-electron chi connectivity index (χ3n) is 6.98. The summed E-state index contributed by atoms with van der Waals surface area (Å²) in [5.74, 6) is -1.29. The number of ether oxygens (including phenoxy) is 1. The van der Waals surface area contributed by atoms with Crippen LogP contribution in [0.5, 0.6) is 0 Å². The molecule has 8 nitrogen and oxygen atoms in total. The van der Waals surface area contributed by atoms with Gasteiger partial charge in [0.2, 0.25) is 5.91 Å². The molecule has 3 aromatic rings. The van der Waals surface area contributed by atoms with Gasteiger partial charge < -0.3 is 20.1 Å². The number of alkyl carbamates (subject to hydrolysis) is 1. The third-order valence-corrected chi connectivity index (χ3v) is 6.98. The van der Waals surface area contributed by atoms with Gasteiger partial charge in [0.1, 0.15) is 12.6 Å². The van der Waals surface area contributed by atoms with E-state index in [9.17, 15) is 14.4 Å². The van der Waals surface area contributed by atoms with Crippen molar-refractivity contribution in [2.75, 3.05) is 33.8 Å².